The van der Waals surface area contributed by atoms with Crippen molar-refractivity contribution >= 4 is 27.5 Å². The zero-order valence-electron chi connectivity index (χ0n) is 11.9. The van der Waals surface area contributed by atoms with Crippen LogP contribution in [-0.4, -0.2) is 43.6 Å². The fourth-order valence-corrected chi connectivity index (χ4v) is 4.16. The summed E-state index contributed by atoms with van der Waals surface area (Å²) >= 11 is 5.67. The molecule has 0 aliphatic carbocycles. The number of nitrogens with one attached hydrogen (secondary N) is 1. The number of alkyl halides is 1. The first-order valence-electron chi connectivity index (χ1n) is 6.85. The lowest BCUT2D eigenvalue weighted by Gasteiger charge is -2.17. The van der Waals surface area contributed by atoms with Crippen LogP contribution in [0.4, 0.5) is 0 Å². The molecule has 2 rings (SSSR count). The Kier molecular flexibility index (Phi) is 5.24. The number of hydrogen-bond acceptors (Lipinski definition) is 3. The Labute approximate surface area is 130 Å². The molecule has 1 aromatic rings. The molecule has 21 heavy (non-hydrogen) atoms. The average Bonchev–Trinajstić information content (AvgIpc) is 2.88. The van der Waals surface area contributed by atoms with Crippen LogP contribution in [0.2, 0.25) is 0 Å². The second kappa shape index (κ2) is 6.77. The highest BCUT2D eigenvalue weighted by molar-refractivity contribution is 7.89. The maximum absolute atomic E-state index is 12.5. The molecular formula is C14H19ClN2O3S. The van der Waals surface area contributed by atoms with Crippen LogP contribution in [-0.2, 0) is 21.2 Å². The van der Waals surface area contributed by atoms with Crippen molar-refractivity contribution in [3.63, 3.8) is 0 Å². The molecule has 1 aromatic carbocycles. The molecule has 1 saturated heterocycles. The number of carbonyl (C=O) groups is 1. The molecule has 0 spiro atoms. The summed E-state index contributed by atoms with van der Waals surface area (Å²) in [5.74, 6) is 0.376. The Morgan fingerprint density at radius 2 is 2.05 bits per heavy atom. The molecule has 0 saturated carbocycles. The van der Waals surface area contributed by atoms with Gasteiger partial charge in [-0.3, -0.25) is 4.79 Å². The molecule has 1 unspecified atom stereocenters. The predicted octanol–water partition coefficient (Wildman–Crippen LogP) is 1.37. The minimum atomic E-state index is -3.49. The van der Waals surface area contributed by atoms with Gasteiger partial charge < -0.3 is 5.32 Å². The molecule has 116 valence electrons. The van der Waals surface area contributed by atoms with Crippen LogP contribution in [0.3, 0.4) is 0 Å². The highest BCUT2D eigenvalue weighted by Crippen LogP contribution is 2.21. The molecule has 0 aromatic heterocycles. The van der Waals surface area contributed by atoms with E-state index >= 15 is 0 Å². The summed E-state index contributed by atoms with van der Waals surface area (Å²) < 4.78 is 26.5. The Balaban J connectivity index is 2.09. The number of rotatable bonds is 5. The molecule has 0 radical (unpaired) electrons. The van der Waals surface area contributed by atoms with E-state index in [4.69, 9.17) is 11.6 Å². The van der Waals surface area contributed by atoms with Gasteiger partial charge in [0.15, 0.2) is 0 Å². The summed E-state index contributed by atoms with van der Waals surface area (Å²) in [6.45, 7) is 2.19. The number of sulfonamides is 1. The van der Waals surface area contributed by atoms with E-state index in [9.17, 15) is 13.2 Å². The first kappa shape index (κ1) is 16.3. The van der Waals surface area contributed by atoms with Crippen molar-refractivity contribution < 1.29 is 13.2 Å². The lowest BCUT2D eigenvalue weighted by molar-refractivity contribution is -0.119. The maximum Gasteiger partial charge on any atom is 0.243 e. The Morgan fingerprint density at radius 1 is 1.38 bits per heavy atom. The highest BCUT2D eigenvalue weighted by Gasteiger charge is 2.32. The van der Waals surface area contributed by atoms with Crippen LogP contribution in [0.1, 0.15) is 18.9 Å². The van der Waals surface area contributed by atoms with Gasteiger partial charge in [0.25, 0.3) is 0 Å². The summed E-state index contributed by atoms with van der Waals surface area (Å²) in [6.07, 6.45) is 1.36. The average molecular weight is 331 g/mol. The van der Waals surface area contributed by atoms with E-state index in [1.807, 2.05) is 0 Å². The van der Waals surface area contributed by atoms with E-state index in [1.165, 1.54) is 11.2 Å². The summed E-state index contributed by atoms with van der Waals surface area (Å²) in [5.41, 5.74) is 1.02. The molecule has 5 nitrogen and oxygen atoms in total. The Morgan fingerprint density at radius 3 is 2.62 bits per heavy atom. The van der Waals surface area contributed by atoms with Crippen LogP contribution < -0.4 is 5.32 Å². The van der Waals surface area contributed by atoms with E-state index in [0.29, 0.717) is 25.4 Å². The second-order valence-corrected chi connectivity index (χ2v) is 7.45. The fraction of sp³-hybridized carbons (Fsp3) is 0.500. The Bertz CT molecular complexity index is 601. The number of aryl methyl sites for hydroxylation is 1. The van der Waals surface area contributed by atoms with Crippen LogP contribution in [0.25, 0.3) is 0 Å². The largest absolute Gasteiger partial charge is 0.352 e. The van der Waals surface area contributed by atoms with E-state index < -0.39 is 10.0 Å². The number of nitrogens with zero attached hydrogens (tertiary/aromatic N) is 1. The van der Waals surface area contributed by atoms with Crippen molar-refractivity contribution in [2.75, 3.05) is 19.0 Å². The van der Waals surface area contributed by atoms with Crippen molar-refractivity contribution in [2.24, 2.45) is 0 Å². The van der Waals surface area contributed by atoms with Gasteiger partial charge in [-0.25, -0.2) is 8.42 Å². The molecule has 1 amide bonds. The van der Waals surface area contributed by atoms with Gasteiger partial charge in [0.05, 0.1) is 4.90 Å². The quantitative estimate of drug-likeness (QED) is 0.829. The van der Waals surface area contributed by atoms with Crippen molar-refractivity contribution in [2.45, 2.75) is 30.7 Å². The monoisotopic (exact) mass is 330 g/mol. The first-order valence-corrected chi connectivity index (χ1v) is 8.83. The topological polar surface area (TPSA) is 66.5 Å². The van der Waals surface area contributed by atoms with Crippen LogP contribution in [0, 0.1) is 0 Å². The van der Waals surface area contributed by atoms with E-state index in [1.54, 1.807) is 24.3 Å². The van der Waals surface area contributed by atoms with E-state index in [2.05, 4.69) is 5.32 Å². The van der Waals surface area contributed by atoms with Gasteiger partial charge in [-0.1, -0.05) is 12.1 Å². The predicted molar refractivity (Wildman–Crippen MR) is 81.8 cm³/mol. The zero-order valence-corrected chi connectivity index (χ0v) is 13.5. The minimum absolute atomic E-state index is 0.104. The number of amides is 1. The summed E-state index contributed by atoms with van der Waals surface area (Å²) in [4.78, 5) is 11.3. The normalized spacial score (nSPS) is 19.6. The van der Waals surface area contributed by atoms with Gasteiger partial charge in [-0.05, 0) is 30.5 Å². The lowest BCUT2D eigenvalue weighted by Crippen LogP contribution is -2.37. The summed E-state index contributed by atoms with van der Waals surface area (Å²) in [6, 6.07) is 6.70. The molecule has 1 atom stereocenters. The van der Waals surface area contributed by atoms with Gasteiger partial charge in [0.1, 0.15) is 0 Å². The highest BCUT2D eigenvalue weighted by atomic mass is 35.5. The summed E-state index contributed by atoms with van der Waals surface area (Å²) in [7, 11) is -3.49. The lowest BCUT2D eigenvalue weighted by atomic mass is 10.2. The van der Waals surface area contributed by atoms with Gasteiger partial charge in [0, 0.05) is 31.9 Å². The van der Waals surface area contributed by atoms with Crippen LogP contribution in [0.15, 0.2) is 29.2 Å². The first-order chi connectivity index (χ1) is 9.93. The molecule has 1 aliphatic heterocycles. The second-order valence-electron chi connectivity index (χ2n) is 5.13. The molecule has 0 bridgehead atoms. The van der Waals surface area contributed by atoms with Crippen LogP contribution >= 0.6 is 11.6 Å². The van der Waals surface area contributed by atoms with Gasteiger partial charge in [-0.15, -0.1) is 11.6 Å². The van der Waals surface area contributed by atoms with E-state index in [0.717, 1.165) is 12.0 Å². The van der Waals surface area contributed by atoms with Crippen LogP contribution in [0.5, 0.6) is 0 Å². The number of hydrogen-bond donors (Lipinski definition) is 1. The smallest absolute Gasteiger partial charge is 0.243 e. The molecule has 1 heterocycles. The summed E-state index contributed by atoms with van der Waals surface area (Å²) in [5, 5.41) is 2.76. The Hall–Kier alpha value is -1.11. The zero-order chi connectivity index (χ0) is 15.5. The van der Waals surface area contributed by atoms with Gasteiger partial charge in [0.2, 0.25) is 15.9 Å². The van der Waals surface area contributed by atoms with E-state index in [-0.39, 0.29) is 16.8 Å². The van der Waals surface area contributed by atoms with Crippen molar-refractivity contribution in [1.82, 2.24) is 9.62 Å². The molecule has 7 heteroatoms. The molecule has 1 fully saturated rings. The molecular weight excluding hydrogens is 312 g/mol. The SMILES string of the molecule is CC(=O)NC1CCN(S(=O)(=O)c2ccc(CCCl)cc2)C1. The van der Waals surface area contributed by atoms with Crippen molar-refractivity contribution in [3.05, 3.63) is 29.8 Å². The molecule has 1 aliphatic rings. The maximum atomic E-state index is 12.5. The third kappa shape index (κ3) is 3.96. The van der Waals surface area contributed by atoms with Gasteiger partial charge in [-0.2, -0.15) is 4.31 Å². The van der Waals surface area contributed by atoms with Crippen molar-refractivity contribution in [3.8, 4) is 0 Å². The van der Waals surface area contributed by atoms with Crippen molar-refractivity contribution in [1.29, 1.82) is 0 Å². The standard InChI is InChI=1S/C14H19ClN2O3S/c1-11(18)16-13-7-9-17(10-13)21(19,20)14-4-2-12(3-5-14)6-8-15/h2-5,13H,6-10H2,1H3,(H,16,18). The third-order valence-electron chi connectivity index (χ3n) is 3.50. The molecule has 1 N–H and O–H groups in total. The number of halogens is 1. The third-order valence-corrected chi connectivity index (χ3v) is 5.57. The van der Waals surface area contributed by atoms with Gasteiger partial charge >= 0.3 is 0 Å². The minimum Gasteiger partial charge on any atom is -0.352 e. The number of benzene rings is 1. The fourth-order valence-electron chi connectivity index (χ4n) is 2.44. The number of carbonyl (C=O) groups excluding carboxylic acids is 1.